The van der Waals surface area contributed by atoms with Crippen molar-refractivity contribution < 1.29 is 9.21 Å². The average Bonchev–Trinajstić information content (AvgIpc) is 2.93. The van der Waals surface area contributed by atoms with E-state index in [1.165, 1.54) is 16.5 Å². The number of carbonyl (C=O) groups excluding carboxylic acids is 1. The Morgan fingerprint density at radius 3 is 2.75 bits per heavy atom. The predicted molar refractivity (Wildman–Crippen MR) is 117 cm³/mol. The molecule has 1 amide bonds. The molecule has 0 unspecified atom stereocenters. The summed E-state index contributed by atoms with van der Waals surface area (Å²) >= 11 is 0. The summed E-state index contributed by atoms with van der Waals surface area (Å²) in [4.78, 5) is 16.8. The fourth-order valence-corrected chi connectivity index (χ4v) is 4.74. The smallest absolute Gasteiger partial charge is 0.222 e. The van der Waals surface area contributed by atoms with Gasteiger partial charge in [0.2, 0.25) is 5.91 Å². The van der Waals surface area contributed by atoms with Crippen molar-refractivity contribution in [2.45, 2.75) is 45.7 Å². The van der Waals surface area contributed by atoms with Gasteiger partial charge in [0, 0.05) is 44.0 Å². The molecule has 0 spiro atoms. The number of amides is 1. The Kier molecular flexibility index (Phi) is 7.80. The van der Waals surface area contributed by atoms with Gasteiger partial charge in [0.25, 0.3) is 0 Å². The minimum Gasteiger partial charge on any atom is -0.459 e. The number of hydrogen-bond acceptors (Lipinski definition) is 4. The first-order valence-electron chi connectivity index (χ1n) is 9.77. The van der Waals surface area contributed by atoms with Crippen LogP contribution in [0, 0.1) is 19.8 Å². The molecule has 28 heavy (non-hydrogen) atoms. The van der Waals surface area contributed by atoms with Crippen molar-refractivity contribution in [3.63, 3.8) is 0 Å². The van der Waals surface area contributed by atoms with Crippen molar-refractivity contribution in [3.8, 4) is 0 Å². The Hall–Kier alpha value is -1.27. The minimum atomic E-state index is 0. The first-order valence-corrected chi connectivity index (χ1v) is 9.77. The molecule has 2 atom stereocenters. The molecule has 7 heteroatoms. The summed E-state index contributed by atoms with van der Waals surface area (Å²) in [6.07, 6.45) is 2.70. The van der Waals surface area contributed by atoms with E-state index in [9.17, 15) is 4.79 Å². The topological polar surface area (TPSA) is 62.7 Å². The number of hydrogen-bond donors (Lipinski definition) is 1. The number of carbonyl (C=O) groups is 1. The summed E-state index contributed by atoms with van der Waals surface area (Å²) in [6.45, 7) is 8.43. The summed E-state index contributed by atoms with van der Waals surface area (Å²) < 4.78 is 6.15. The molecule has 0 radical (unpaired) electrons. The number of nitrogens with zero attached hydrogens (tertiary/aromatic N) is 2. The summed E-state index contributed by atoms with van der Waals surface area (Å²) in [5.41, 5.74) is 9.23. The van der Waals surface area contributed by atoms with Crippen molar-refractivity contribution >= 4 is 41.7 Å². The molecule has 5 nitrogen and oxygen atoms in total. The molecule has 2 N–H and O–H groups in total. The van der Waals surface area contributed by atoms with Gasteiger partial charge in [-0.2, -0.15) is 0 Å². The van der Waals surface area contributed by atoms with Crippen LogP contribution >= 0.6 is 24.8 Å². The number of nitrogens with two attached hydrogens (primary N) is 1. The van der Waals surface area contributed by atoms with E-state index in [2.05, 4.69) is 36.9 Å². The Bertz CT molecular complexity index is 823. The van der Waals surface area contributed by atoms with E-state index in [0.717, 1.165) is 43.8 Å². The van der Waals surface area contributed by atoms with Gasteiger partial charge in [-0.05, 0) is 50.3 Å². The van der Waals surface area contributed by atoms with Gasteiger partial charge in [0.05, 0.1) is 6.54 Å². The Labute approximate surface area is 179 Å². The Morgan fingerprint density at radius 2 is 2.00 bits per heavy atom. The molecule has 1 aromatic carbocycles. The highest BCUT2D eigenvalue weighted by molar-refractivity contribution is 5.85. The lowest BCUT2D eigenvalue weighted by atomic mass is 9.83. The van der Waals surface area contributed by atoms with Crippen molar-refractivity contribution in [3.05, 3.63) is 35.1 Å². The van der Waals surface area contributed by atoms with Crippen molar-refractivity contribution in [2.75, 3.05) is 26.2 Å². The highest BCUT2D eigenvalue weighted by Crippen LogP contribution is 2.33. The maximum atomic E-state index is 12.2. The minimum absolute atomic E-state index is 0. The molecule has 2 aliphatic heterocycles. The lowest BCUT2D eigenvalue weighted by Gasteiger charge is -2.47. The molecule has 2 fully saturated rings. The molecule has 1 aromatic heterocycles. The predicted octanol–water partition coefficient (Wildman–Crippen LogP) is 3.66. The first kappa shape index (κ1) is 23.0. The van der Waals surface area contributed by atoms with Crippen LogP contribution in [0.3, 0.4) is 0 Å². The fourth-order valence-electron chi connectivity index (χ4n) is 4.74. The second-order valence-corrected chi connectivity index (χ2v) is 7.92. The van der Waals surface area contributed by atoms with Gasteiger partial charge >= 0.3 is 0 Å². The number of fused-ring (bicyclic) bond motifs is 2. The second kappa shape index (κ2) is 9.49. The number of piperidine rings is 2. The van der Waals surface area contributed by atoms with Gasteiger partial charge in [-0.15, -0.1) is 24.8 Å². The van der Waals surface area contributed by atoms with Crippen LogP contribution in [-0.2, 0) is 11.3 Å². The zero-order valence-electron chi connectivity index (χ0n) is 16.6. The van der Waals surface area contributed by atoms with E-state index in [-0.39, 0.29) is 30.7 Å². The van der Waals surface area contributed by atoms with Gasteiger partial charge in [-0.1, -0.05) is 11.6 Å². The number of benzene rings is 1. The molecule has 2 saturated heterocycles. The van der Waals surface area contributed by atoms with E-state index in [1.54, 1.807) is 0 Å². The number of aryl methyl sites for hydroxylation is 2. The van der Waals surface area contributed by atoms with Crippen LogP contribution in [0.15, 0.2) is 22.6 Å². The van der Waals surface area contributed by atoms with Crippen molar-refractivity contribution in [2.24, 2.45) is 11.7 Å². The number of halogens is 2. The van der Waals surface area contributed by atoms with Crippen LogP contribution < -0.4 is 5.73 Å². The zero-order valence-corrected chi connectivity index (χ0v) is 18.3. The van der Waals surface area contributed by atoms with E-state index in [4.69, 9.17) is 10.2 Å². The third-order valence-electron chi connectivity index (χ3n) is 6.16. The molecular formula is C21H31Cl2N3O2. The molecule has 2 aliphatic rings. The number of likely N-dealkylation sites (tertiary alicyclic amines) is 2. The SMILES string of the molecule is Cc1ccc2oc(CN3CC[C@@H]4[C@@H](CCC(=O)N4CCN)C3)c(C)c2c1.Cl.Cl. The monoisotopic (exact) mass is 427 g/mol. The summed E-state index contributed by atoms with van der Waals surface area (Å²) in [5, 5.41) is 1.23. The molecule has 156 valence electrons. The largest absolute Gasteiger partial charge is 0.459 e. The Balaban J connectivity index is 0.00000140. The number of rotatable bonds is 4. The summed E-state index contributed by atoms with van der Waals surface area (Å²) in [7, 11) is 0. The lowest BCUT2D eigenvalue weighted by Crippen LogP contribution is -2.56. The standard InChI is InChI=1S/C21H29N3O2.2ClH/c1-14-3-5-19-17(11-14)15(2)20(26-19)13-23-9-7-18-16(12-23)4-6-21(25)24(18)10-8-22;;/h3,5,11,16,18H,4,6-10,12-13,22H2,1-2H3;2*1H/t16-,18+;;/m0../s1. The van der Waals surface area contributed by atoms with Crippen LogP contribution in [0.5, 0.6) is 0 Å². The molecular weight excluding hydrogens is 397 g/mol. The van der Waals surface area contributed by atoms with Gasteiger partial charge in [0.15, 0.2) is 0 Å². The van der Waals surface area contributed by atoms with Crippen LogP contribution in [0.25, 0.3) is 11.0 Å². The number of furan rings is 1. The first-order chi connectivity index (χ1) is 12.6. The zero-order chi connectivity index (χ0) is 18.3. The fraction of sp³-hybridized carbons (Fsp3) is 0.571. The molecule has 0 saturated carbocycles. The van der Waals surface area contributed by atoms with Crippen molar-refractivity contribution in [1.82, 2.24) is 9.80 Å². The molecule has 4 rings (SSSR count). The highest BCUT2D eigenvalue weighted by Gasteiger charge is 2.39. The van der Waals surface area contributed by atoms with Crippen LogP contribution in [0.1, 0.15) is 36.1 Å². The van der Waals surface area contributed by atoms with E-state index in [0.29, 0.717) is 31.5 Å². The normalized spacial score (nSPS) is 22.5. The maximum absolute atomic E-state index is 12.2. The second-order valence-electron chi connectivity index (χ2n) is 7.92. The molecule has 3 heterocycles. The highest BCUT2D eigenvalue weighted by atomic mass is 35.5. The third-order valence-corrected chi connectivity index (χ3v) is 6.16. The van der Waals surface area contributed by atoms with Gasteiger partial charge in [0.1, 0.15) is 11.3 Å². The van der Waals surface area contributed by atoms with Gasteiger partial charge < -0.3 is 15.1 Å². The van der Waals surface area contributed by atoms with Gasteiger partial charge in [-0.25, -0.2) is 0 Å². The maximum Gasteiger partial charge on any atom is 0.222 e. The van der Waals surface area contributed by atoms with E-state index in [1.807, 2.05) is 4.90 Å². The summed E-state index contributed by atoms with van der Waals surface area (Å²) in [5.74, 6) is 1.92. The lowest BCUT2D eigenvalue weighted by molar-refractivity contribution is -0.141. The molecule has 2 aromatic rings. The molecule has 0 aliphatic carbocycles. The summed E-state index contributed by atoms with van der Waals surface area (Å²) in [6, 6.07) is 6.76. The Morgan fingerprint density at radius 1 is 1.21 bits per heavy atom. The van der Waals surface area contributed by atoms with Crippen LogP contribution in [0.2, 0.25) is 0 Å². The third kappa shape index (κ3) is 4.33. The quantitative estimate of drug-likeness (QED) is 0.808. The van der Waals surface area contributed by atoms with Crippen molar-refractivity contribution in [1.29, 1.82) is 0 Å². The van der Waals surface area contributed by atoms with Crippen LogP contribution in [-0.4, -0.2) is 47.9 Å². The average molecular weight is 428 g/mol. The van der Waals surface area contributed by atoms with E-state index >= 15 is 0 Å². The van der Waals surface area contributed by atoms with Crippen LogP contribution in [0.4, 0.5) is 0 Å². The van der Waals surface area contributed by atoms with Gasteiger partial charge in [-0.3, -0.25) is 9.69 Å². The van der Waals surface area contributed by atoms with E-state index < -0.39 is 0 Å². The molecule has 0 bridgehead atoms.